The van der Waals surface area contributed by atoms with E-state index in [9.17, 15) is 9.59 Å². The van der Waals surface area contributed by atoms with Crippen molar-refractivity contribution in [1.29, 1.82) is 0 Å². The molecule has 3 aromatic carbocycles. The standard InChI is InChI=1S/C32H31I2N3O4S/c1-6-36(7-2)31(39)26-18(4)35-32-37(28(26)27-21-12-10-9-11-20(21)13-14-24(27)40-5)30(38)25(42-32)17-19-15-22(33)29(41-8-3)23(34)16-19/h9-17,28H,6-8H2,1-5H3/b25-17+/t28-/m1/s1. The number of halogens is 2. The first-order chi connectivity index (χ1) is 20.2. The van der Waals surface area contributed by atoms with Crippen LogP contribution >= 0.6 is 56.5 Å². The molecule has 0 fully saturated rings. The molecule has 1 aromatic heterocycles. The van der Waals surface area contributed by atoms with Crippen molar-refractivity contribution in [3.8, 4) is 11.5 Å². The van der Waals surface area contributed by atoms with E-state index in [-0.39, 0.29) is 11.5 Å². The minimum Gasteiger partial charge on any atom is -0.496 e. The van der Waals surface area contributed by atoms with Crippen LogP contribution in [0.25, 0.3) is 16.8 Å². The fourth-order valence-electron chi connectivity index (χ4n) is 5.38. The highest BCUT2D eigenvalue weighted by Crippen LogP contribution is 2.40. The second kappa shape index (κ2) is 12.9. The molecule has 0 saturated carbocycles. The molecule has 0 N–H and O–H groups in total. The monoisotopic (exact) mass is 807 g/mol. The number of hydrogen-bond acceptors (Lipinski definition) is 6. The van der Waals surface area contributed by atoms with Crippen LogP contribution in [0.15, 0.2) is 69.6 Å². The molecule has 10 heteroatoms. The van der Waals surface area contributed by atoms with Gasteiger partial charge in [-0.25, -0.2) is 4.99 Å². The molecular weight excluding hydrogens is 776 g/mol. The lowest BCUT2D eigenvalue weighted by atomic mass is 9.90. The van der Waals surface area contributed by atoms with Gasteiger partial charge < -0.3 is 14.4 Å². The number of hydrogen-bond donors (Lipinski definition) is 0. The van der Waals surface area contributed by atoms with E-state index in [0.29, 0.717) is 46.0 Å². The van der Waals surface area contributed by atoms with E-state index in [1.807, 2.05) is 82.3 Å². The summed E-state index contributed by atoms with van der Waals surface area (Å²) >= 11 is 5.86. The molecule has 0 radical (unpaired) electrons. The smallest absolute Gasteiger partial charge is 0.271 e. The van der Waals surface area contributed by atoms with Crippen LogP contribution in [0.1, 0.15) is 44.9 Å². The molecular formula is C32H31I2N3O4S. The van der Waals surface area contributed by atoms with Crippen LogP contribution < -0.4 is 24.4 Å². The number of allylic oxidation sites excluding steroid dienone is 1. The predicted octanol–water partition coefficient (Wildman–Crippen LogP) is 5.87. The van der Waals surface area contributed by atoms with Crippen molar-refractivity contribution < 1.29 is 14.3 Å². The van der Waals surface area contributed by atoms with Crippen LogP contribution in [0, 0.1) is 7.14 Å². The summed E-state index contributed by atoms with van der Waals surface area (Å²) in [5, 5.41) is 1.92. The van der Waals surface area contributed by atoms with Gasteiger partial charge in [0.1, 0.15) is 17.5 Å². The summed E-state index contributed by atoms with van der Waals surface area (Å²) in [7, 11) is 1.62. The van der Waals surface area contributed by atoms with Gasteiger partial charge in [-0.05, 0) is 113 Å². The third-order valence-electron chi connectivity index (χ3n) is 7.33. The average Bonchev–Trinajstić information content (AvgIpc) is 3.28. The second-order valence-electron chi connectivity index (χ2n) is 9.71. The molecule has 218 valence electrons. The topological polar surface area (TPSA) is 73.1 Å². The lowest BCUT2D eigenvalue weighted by Crippen LogP contribution is -2.43. The van der Waals surface area contributed by atoms with E-state index in [4.69, 9.17) is 14.5 Å². The first-order valence-electron chi connectivity index (χ1n) is 13.7. The number of ether oxygens (including phenoxy) is 2. The molecule has 4 aromatic rings. The lowest BCUT2D eigenvalue weighted by Gasteiger charge is -2.30. The number of carbonyl (C=O) groups excluding carboxylic acids is 1. The van der Waals surface area contributed by atoms with Crippen molar-refractivity contribution in [2.24, 2.45) is 4.99 Å². The highest BCUT2D eigenvalue weighted by atomic mass is 127. The number of carbonyl (C=O) groups is 1. The summed E-state index contributed by atoms with van der Waals surface area (Å²) < 4.78 is 15.9. The van der Waals surface area contributed by atoms with Crippen molar-refractivity contribution in [2.75, 3.05) is 26.8 Å². The molecule has 0 spiro atoms. The highest BCUT2D eigenvalue weighted by molar-refractivity contribution is 14.1. The van der Waals surface area contributed by atoms with Crippen molar-refractivity contribution in [2.45, 2.75) is 33.7 Å². The Bertz CT molecular complexity index is 1880. The maximum Gasteiger partial charge on any atom is 0.271 e. The van der Waals surface area contributed by atoms with Crippen molar-refractivity contribution in [3.63, 3.8) is 0 Å². The molecule has 2 heterocycles. The van der Waals surface area contributed by atoms with Crippen LogP contribution in [0.2, 0.25) is 0 Å². The molecule has 1 atom stereocenters. The maximum atomic E-state index is 14.3. The van der Waals surface area contributed by atoms with E-state index in [2.05, 4.69) is 45.2 Å². The lowest BCUT2D eigenvalue weighted by molar-refractivity contribution is -0.127. The van der Waals surface area contributed by atoms with Gasteiger partial charge in [0.15, 0.2) is 4.80 Å². The van der Waals surface area contributed by atoms with Crippen molar-refractivity contribution >= 4 is 79.3 Å². The number of benzene rings is 3. The minimum atomic E-state index is -0.710. The van der Waals surface area contributed by atoms with Crippen LogP contribution in [-0.2, 0) is 4.79 Å². The van der Waals surface area contributed by atoms with Crippen LogP contribution in [0.5, 0.6) is 11.5 Å². The Morgan fingerprint density at radius 3 is 2.43 bits per heavy atom. The first-order valence-corrected chi connectivity index (χ1v) is 16.7. The van der Waals surface area contributed by atoms with Gasteiger partial charge in [-0.15, -0.1) is 0 Å². The Balaban J connectivity index is 1.81. The fraction of sp³-hybridized carbons (Fsp3) is 0.281. The predicted molar refractivity (Wildman–Crippen MR) is 185 cm³/mol. The van der Waals surface area contributed by atoms with Gasteiger partial charge in [-0.3, -0.25) is 14.2 Å². The highest BCUT2D eigenvalue weighted by Gasteiger charge is 2.36. The summed E-state index contributed by atoms with van der Waals surface area (Å²) in [6.07, 6.45) is 1.90. The summed E-state index contributed by atoms with van der Waals surface area (Å²) in [6.45, 7) is 9.41. The van der Waals surface area contributed by atoms with Gasteiger partial charge in [-0.1, -0.05) is 41.7 Å². The zero-order valence-electron chi connectivity index (χ0n) is 24.0. The van der Waals surface area contributed by atoms with Crippen molar-refractivity contribution in [3.05, 3.63) is 97.8 Å². The molecule has 1 aliphatic heterocycles. The summed E-state index contributed by atoms with van der Waals surface area (Å²) in [4.78, 5) is 35.6. The van der Waals surface area contributed by atoms with E-state index >= 15 is 0 Å². The Morgan fingerprint density at radius 1 is 1.10 bits per heavy atom. The van der Waals surface area contributed by atoms with Gasteiger partial charge in [0.25, 0.3) is 11.5 Å². The first kappa shape index (κ1) is 30.7. The second-order valence-corrected chi connectivity index (χ2v) is 13.0. The van der Waals surface area contributed by atoms with E-state index in [1.54, 1.807) is 16.6 Å². The largest absolute Gasteiger partial charge is 0.496 e. The number of rotatable bonds is 8. The van der Waals surface area contributed by atoms with E-state index < -0.39 is 6.04 Å². The number of fused-ring (bicyclic) bond motifs is 2. The number of thiazole rings is 1. The molecule has 0 bridgehead atoms. The molecule has 42 heavy (non-hydrogen) atoms. The van der Waals surface area contributed by atoms with Crippen LogP contribution in [0.4, 0.5) is 0 Å². The third-order valence-corrected chi connectivity index (χ3v) is 9.92. The Morgan fingerprint density at radius 2 is 1.79 bits per heavy atom. The van der Waals surface area contributed by atoms with Gasteiger partial charge >= 0.3 is 0 Å². The van der Waals surface area contributed by atoms with Crippen LogP contribution in [0.3, 0.4) is 0 Å². The van der Waals surface area contributed by atoms with Gasteiger partial charge in [0.2, 0.25) is 0 Å². The summed E-state index contributed by atoms with van der Waals surface area (Å²) in [5.41, 5.74) is 2.56. The summed E-state index contributed by atoms with van der Waals surface area (Å²) in [6, 6.07) is 15.2. The Kier molecular flexibility index (Phi) is 9.43. The normalized spacial score (nSPS) is 15.0. The molecule has 0 aliphatic carbocycles. The minimum absolute atomic E-state index is 0.133. The molecule has 1 amide bonds. The zero-order chi connectivity index (χ0) is 30.1. The van der Waals surface area contributed by atoms with Gasteiger partial charge in [0, 0.05) is 18.7 Å². The molecule has 1 aliphatic rings. The number of aromatic nitrogens is 1. The molecule has 7 nitrogen and oxygen atoms in total. The number of likely N-dealkylation sites (N-methyl/N-ethyl adjacent to an activating group) is 1. The van der Waals surface area contributed by atoms with Gasteiger partial charge in [0.05, 0.1) is 36.7 Å². The number of amides is 1. The van der Waals surface area contributed by atoms with Crippen molar-refractivity contribution in [1.82, 2.24) is 9.47 Å². The SMILES string of the molecule is CCOc1c(I)cc(/C=c2/sc3n(c2=O)[C@@H](c2c(OC)ccc4ccccc24)C(C(=O)N(CC)CC)=C(C)N=3)cc1I. The Hall–Kier alpha value is -2.71. The molecule has 0 unspecified atom stereocenters. The fourth-order valence-corrected chi connectivity index (χ4v) is 8.56. The van der Waals surface area contributed by atoms with E-state index in [1.165, 1.54) is 11.3 Å². The van der Waals surface area contributed by atoms with Crippen LogP contribution in [-0.4, -0.2) is 42.2 Å². The average molecular weight is 807 g/mol. The van der Waals surface area contributed by atoms with E-state index in [0.717, 1.165) is 34.8 Å². The Labute approximate surface area is 275 Å². The summed E-state index contributed by atoms with van der Waals surface area (Å²) in [5.74, 6) is 1.32. The quantitative estimate of drug-likeness (QED) is 0.209. The third kappa shape index (κ3) is 5.52. The number of methoxy groups -OCH3 is 1. The molecule has 5 rings (SSSR count). The molecule has 0 saturated heterocycles. The number of nitrogens with zero attached hydrogens (tertiary/aromatic N) is 3. The zero-order valence-corrected chi connectivity index (χ0v) is 29.2. The maximum absolute atomic E-state index is 14.3. The van der Waals surface area contributed by atoms with Gasteiger partial charge in [-0.2, -0.15) is 0 Å².